The van der Waals surface area contributed by atoms with Crippen LogP contribution in [0, 0.1) is 11.3 Å². The zero-order valence-corrected chi connectivity index (χ0v) is 11.6. The standard InChI is InChI=1S/C14H14F3NO4/c1-2-22-12(20)6-11(19)13(21)9-3-8(7-18)4-10(5-9)14(15,16)17/h3-5,11,13,19,21H,2,6H2,1H3. The molecule has 8 heteroatoms. The number of halogens is 3. The number of esters is 1. The third kappa shape index (κ3) is 4.72. The van der Waals surface area contributed by atoms with Gasteiger partial charge in [-0.15, -0.1) is 0 Å². The first-order valence-corrected chi connectivity index (χ1v) is 6.33. The summed E-state index contributed by atoms with van der Waals surface area (Å²) >= 11 is 0. The van der Waals surface area contributed by atoms with Crippen LogP contribution in [0.4, 0.5) is 13.2 Å². The second-order valence-electron chi connectivity index (χ2n) is 4.47. The summed E-state index contributed by atoms with van der Waals surface area (Å²) in [5, 5.41) is 28.3. The van der Waals surface area contributed by atoms with Gasteiger partial charge in [-0.1, -0.05) is 0 Å². The lowest BCUT2D eigenvalue weighted by atomic mass is 9.97. The molecule has 0 heterocycles. The van der Waals surface area contributed by atoms with Crippen molar-refractivity contribution in [3.8, 4) is 6.07 Å². The first kappa shape index (κ1) is 17.9. The molecule has 0 aromatic heterocycles. The summed E-state index contributed by atoms with van der Waals surface area (Å²) in [5.74, 6) is -0.790. The van der Waals surface area contributed by atoms with Gasteiger partial charge in [0.1, 0.15) is 6.10 Å². The Labute approximate surface area is 124 Å². The number of carbonyl (C=O) groups excluding carboxylic acids is 1. The minimum Gasteiger partial charge on any atom is -0.466 e. The largest absolute Gasteiger partial charge is 0.466 e. The van der Waals surface area contributed by atoms with Gasteiger partial charge in [-0.25, -0.2) is 0 Å². The number of ether oxygens (including phenoxy) is 1. The molecule has 0 saturated heterocycles. The summed E-state index contributed by atoms with van der Waals surface area (Å²) < 4.78 is 42.8. The number of alkyl halides is 3. The third-order valence-electron chi connectivity index (χ3n) is 2.80. The molecule has 2 N–H and O–H groups in total. The number of hydrogen-bond acceptors (Lipinski definition) is 5. The molecule has 1 rings (SSSR count). The first-order chi connectivity index (χ1) is 10.2. The van der Waals surface area contributed by atoms with Crippen LogP contribution >= 0.6 is 0 Å². The Kier molecular flexibility index (Phi) is 5.91. The van der Waals surface area contributed by atoms with Crippen LogP contribution in [0.25, 0.3) is 0 Å². The molecule has 0 fully saturated rings. The van der Waals surface area contributed by atoms with Gasteiger partial charge in [-0.3, -0.25) is 4.79 Å². The van der Waals surface area contributed by atoms with E-state index in [2.05, 4.69) is 4.74 Å². The van der Waals surface area contributed by atoms with Crippen LogP contribution in [0.2, 0.25) is 0 Å². The van der Waals surface area contributed by atoms with E-state index in [9.17, 15) is 28.2 Å². The molecule has 2 unspecified atom stereocenters. The molecule has 22 heavy (non-hydrogen) atoms. The van der Waals surface area contributed by atoms with Gasteiger partial charge in [0.15, 0.2) is 0 Å². The van der Waals surface area contributed by atoms with Crippen LogP contribution in [-0.2, 0) is 15.7 Å². The second kappa shape index (κ2) is 7.24. The van der Waals surface area contributed by atoms with Gasteiger partial charge < -0.3 is 14.9 Å². The number of benzene rings is 1. The van der Waals surface area contributed by atoms with Crippen molar-refractivity contribution in [2.75, 3.05) is 6.61 Å². The van der Waals surface area contributed by atoms with Crippen LogP contribution in [-0.4, -0.2) is 28.9 Å². The van der Waals surface area contributed by atoms with Crippen molar-refractivity contribution in [3.05, 3.63) is 34.9 Å². The number of aliphatic hydroxyl groups excluding tert-OH is 2. The van der Waals surface area contributed by atoms with Crippen molar-refractivity contribution in [2.24, 2.45) is 0 Å². The number of hydrogen-bond donors (Lipinski definition) is 2. The van der Waals surface area contributed by atoms with Crippen LogP contribution in [0.3, 0.4) is 0 Å². The van der Waals surface area contributed by atoms with Crippen LogP contribution < -0.4 is 0 Å². The summed E-state index contributed by atoms with van der Waals surface area (Å²) in [7, 11) is 0. The van der Waals surface area contributed by atoms with E-state index in [0.29, 0.717) is 12.1 Å². The molecule has 1 aromatic carbocycles. The SMILES string of the molecule is CCOC(=O)CC(O)C(O)c1cc(C#N)cc(C(F)(F)F)c1. The van der Waals surface area contributed by atoms with Gasteiger partial charge in [0.25, 0.3) is 0 Å². The summed E-state index contributed by atoms with van der Waals surface area (Å²) in [6, 6.07) is 3.83. The molecular weight excluding hydrogens is 303 g/mol. The third-order valence-corrected chi connectivity index (χ3v) is 2.80. The lowest BCUT2D eigenvalue weighted by Crippen LogP contribution is -2.23. The van der Waals surface area contributed by atoms with Gasteiger partial charge in [-0.2, -0.15) is 18.4 Å². The minimum absolute atomic E-state index is 0.0732. The number of carbonyl (C=O) groups is 1. The molecule has 0 amide bonds. The van der Waals surface area contributed by atoms with E-state index in [1.807, 2.05) is 0 Å². The molecule has 0 aliphatic carbocycles. The summed E-state index contributed by atoms with van der Waals surface area (Å²) in [6.45, 7) is 1.62. The highest BCUT2D eigenvalue weighted by Crippen LogP contribution is 2.32. The number of aliphatic hydroxyl groups is 2. The fraction of sp³-hybridized carbons (Fsp3) is 0.429. The zero-order valence-electron chi connectivity index (χ0n) is 11.6. The van der Waals surface area contributed by atoms with E-state index in [0.717, 1.165) is 6.07 Å². The highest BCUT2D eigenvalue weighted by Gasteiger charge is 2.32. The van der Waals surface area contributed by atoms with Gasteiger partial charge in [0.05, 0.1) is 36.3 Å². The van der Waals surface area contributed by atoms with Gasteiger partial charge in [0.2, 0.25) is 0 Å². The van der Waals surface area contributed by atoms with Gasteiger partial charge in [-0.05, 0) is 30.7 Å². The van der Waals surface area contributed by atoms with E-state index in [1.165, 1.54) is 0 Å². The van der Waals surface area contributed by atoms with E-state index in [-0.39, 0.29) is 17.7 Å². The molecule has 0 radical (unpaired) electrons. The molecule has 1 aromatic rings. The Morgan fingerprint density at radius 1 is 1.36 bits per heavy atom. The predicted octanol–water partition coefficient (Wildman–Crippen LogP) is 1.92. The molecule has 120 valence electrons. The van der Waals surface area contributed by atoms with Crippen LogP contribution in [0.5, 0.6) is 0 Å². The monoisotopic (exact) mass is 317 g/mol. The molecule has 5 nitrogen and oxygen atoms in total. The molecular formula is C14H14F3NO4. The van der Waals surface area contributed by atoms with Crippen molar-refractivity contribution in [1.29, 1.82) is 5.26 Å². The van der Waals surface area contributed by atoms with Crippen molar-refractivity contribution < 1.29 is 32.9 Å². The normalized spacial score (nSPS) is 14.0. The molecule has 0 aliphatic rings. The molecule has 0 spiro atoms. The fourth-order valence-electron chi connectivity index (χ4n) is 1.78. The Bertz CT molecular complexity index is 580. The highest BCUT2D eigenvalue weighted by molar-refractivity contribution is 5.70. The van der Waals surface area contributed by atoms with Gasteiger partial charge >= 0.3 is 12.1 Å². The maximum Gasteiger partial charge on any atom is 0.416 e. The molecule has 2 atom stereocenters. The molecule has 0 bridgehead atoms. The molecule has 0 saturated carbocycles. The lowest BCUT2D eigenvalue weighted by Gasteiger charge is -2.19. The summed E-state index contributed by atoms with van der Waals surface area (Å²) in [4.78, 5) is 11.2. The fourth-order valence-corrected chi connectivity index (χ4v) is 1.78. The van der Waals surface area contributed by atoms with E-state index in [4.69, 9.17) is 5.26 Å². The highest BCUT2D eigenvalue weighted by atomic mass is 19.4. The molecule has 0 aliphatic heterocycles. The number of rotatable bonds is 5. The van der Waals surface area contributed by atoms with Crippen LogP contribution in [0.15, 0.2) is 18.2 Å². The number of nitrogens with zero attached hydrogens (tertiary/aromatic N) is 1. The Balaban J connectivity index is 3.04. The Morgan fingerprint density at radius 3 is 2.50 bits per heavy atom. The maximum atomic E-state index is 12.7. The minimum atomic E-state index is -4.70. The Hall–Kier alpha value is -2.11. The lowest BCUT2D eigenvalue weighted by molar-refractivity contribution is -0.147. The zero-order chi connectivity index (χ0) is 16.9. The van der Waals surface area contributed by atoms with Crippen molar-refractivity contribution in [2.45, 2.75) is 31.7 Å². The smallest absolute Gasteiger partial charge is 0.416 e. The van der Waals surface area contributed by atoms with Crippen molar-refractivity contribution >= 4 is 5.97 Å². The van der Waals surface area contributed by atoms with Crippen molar-refractivity contribution in [3.63, 3.8) is 0 Å². The van der Waals surface area contributed by atoms with E-state index in [1.54, 1.807) is 13.0 Å². The van der Waals surface area contributed by atoms with Gasteiger partial charge in [0, 0.05) is 0 Å². The first-order valence-electron chi connectivity index (χ1n) is 6.33. The van der Waals surface area contributed by atoms with E-state index >= 15 is 0 Å². The predicted molar refractivity (Wildman–Crippen MR) is 68.4 cm³/mol. The summed E-state index contributed by atoms with van der Waals surface area (Å²) in [5.41, 5.74) is -1.74. The maximum absolute atomic E-state index is 12.7. The van der Waals surface area contributed by atoms with Crippen molar-refractivity contribution in [1.82, 2.24) is 0 Å². The summed E-state index contributed by atoms with van der Waals surface area (Å²) in [6.07, 6.45) is -8.67. The quantitative estimate of drug-likeness (QED) is 0.810. The van der Waals surface area contributed by atoms with E-state index < -0.39 is 36.3 Å². The average Bonchev–Trinajstić information content (AvgIpc) is 2.45. The number of nitriles is 1. The average molecular weight is 317 g/mol. The Morgan fingerprint density at radius 2 is 2.00 bits per heavy atom. The van der Waals surface area contributed by atoms with Crippen LogP contribution in [0.1, 0.15) is 36.1 Å². The second-order valence-corrected chi connectivity index (χ2v) is 4.47. The topological polar surface area (TPSA) is 90.6 Å².